The van der Waals surface area contributed by atoms with E-state index in [0.29, 0.717) is 25.1 Å². The normalized spacial score (nSPS) is 11.1. The SMILES string of the molecule is Cc1ccc(NC(=O)CCCc2nnc3c(=O)n(-c4cc(C)cc(C)c4)ccn23)cc1. The van der Waals surface area contributed by atoms with Crippen molar-refractivity contribution in [1.82, 2.24) is 19.2 Å². The number of carbonyl (C=O) groups excluding carboxylic acids is 1. The van der Waals surface area contributed by atoms with Crippen molar-refractivity contribution in [3.63, 3.8) is 0 Å². The summed E-state index contributed by atoms with van der Waals surface area (Å²) in [6.07, 6.45) is 5.06. The topological polar surface area (TPSA) is 81.3 Å². The van der Waals surface area contributed by atoms with Gasteiger partial charge in [0, 0.05) is 36.6 Å². The predicted molar refractivity (Wildman–Crippen MR) is 121 cm³/mol. The molecule has 0 atom stereocenters. The van der Waals surface area contributed by atoms with Gasteiger partial charge in [-0.1, -0.05) is 23.8 Å². The average Bonchev–Trinajstić information content (AvgIpc) is 3.13. The number of carbonyl (C=O) groups is 1. The Bertz CT molecular complexity index is 1280. The average molecular weight is 415 g/mol. The van der Waals surface area contributed by atoms with E-state index in [2.05, 4.69) is 21.6 Å². The molecule has 0 spiro atoms. The summed E-state index contributed by atoms with van der Waals surface area (Å²) < 4.78 is 3.29. The fourth-order valence-electron chi connectivity index (χ4n) is 3.67. The maximum atomic E-state index is 12.9. The lowest BCUT2D eigenvalue weighted by Crippen LogP contribution is -2.20. The summed E-state index contributed by atoms with van der Waals surface area (Å²) in [6, 6.07) is 13.7. The minimum atomic E-state index is -0.219. The van der Waals surface area contributed by atoms with Crippen molar-refractivity contribution in [2.75, 3.05) is 5.32 Å². The number of benzene rings is 2. The Balaban J connectivity index is 1.46. The molecular formula is C24H25N5O2. The molecule has 4 rings (SSSR count). The maximum Gasteiger partial charge on any atom is 0.300 e. The first-order chi connectivity index (χ1) is 14.9. The van der Waals surface area contributed by atoms with Crippen LogP contribution in [0.3, 0.4) is 0 Å². The smallest absolute Gasteiger partial charge is 0.300 e. The van der Waals surface area contributed by atoms with E-state index in [-0.39, 0.29) is 17.1 Å². The molecule has 0 saturated heterocycles. The number of aryl methyl sites for hydroxylation is 4. The van der Waals surface area contributed by atoms with E-state index in [1.165, 1.54) is 0 Å². The zero-order valence-corrected chi connectivity index (χ0v) is 17.9. The van der Waals surface area contributed by atoms with Crippen LogP contribution in [0.2, 0.25) is 0 Å². The van der Waals surface area contributed by atoms with Gasteiger partial charge in [0.2, 0.25) is 11.6 Å². The summed E-state index contributed by atoms with van der Waals surface area (Å²) in [4.78, 5) is 25.1. The molecule has 7 heteroatoms. The monoisotopic (exact) mass is 415 g/mol. The van der Waals surface area contributed by atoms with Crippen molar-refractivity contribution >= 4 is 17.2 Å². The molecule has 0 aliphatic heterocycles. The van der Waals surface area contributed by atoms with Crippen LogP contribution in [0.15, 0.2) is 59.7 Å². The molecular weight excluding hydrogens is 390 g/mol. The van der Waals surface area contributed by atoms with Gasteiger partial charge < -0.3 is 5.32 Å². The van der Waals surface area contributed by atoms with Crippen LogP contribution in [0, 0.1) is 20.8 Å². The Morgan fingerprint density at radius 2 is 1.65 bits per heavy atom. The van der Waals surface area contributed by atoms with Crippen molar-refractivity contribution in [3.8, 4) is 5.69 Å². The molecule has 0 fully saturated rings. The summed E-state index contributed by atoms with van der Waals surface area (Å²) in [5.41, 5.74) is 4.98. The number of hydrogen-bond donors (Lipinski definition) is 1. The molecule has 0 radical (unpaired) electrons. The van der Waals surface area contributed by atoms with Crippen LogP contribution in [0.1, 0.15) is 35.4 Å². The molecule has 0 bridgehead atoms. The van der Waals surface area contributed by atoms with Crippen LogP contribution < -0.4 is 10.9 Å². The molecule has 0 saturated carbocycles. The number of rotatable bonds is 6. The van der Waals surface area contributed by atoms with Gasteiger partial charge in [0.05, 0.1) is 0 Å². The Kier molecular flexibility index (Phi) is 5.66. The van der Waals surface area contributed by atoms with E-state index >= 15 is 0 Å². The second-order valence-electron chi connectivity index (χ2n) is 7.90. The van der Waals surface area contributed by atoms with E-state index in [1.807, 2.05) is 57.2 Å². The third-order valence-corrected chi connectivity index (χ3v) is 5.17. The Labute approximate surface area is 180 Å². The first-order valence-electron chi connectivity index (χ1n) is 10.3. The number of amides is 1. The number of fused-ring (bicyclic) bond motifs is 1. The molecule has 2 aromatic heterocycles. The van der Waals surface area contributed by atoms with Gasteiger partial charge in [-0.25, -0.2) is 0 Å². The Morgan fingerprint density at radius 1 is 0.935 bits per heavy atom. The van der Waals surface area contributed by atoms with Crippen molar-refractivity contribution < 1.29 is 4.79 Å². The lowest BCUT2D eigenvalue weighted by atomic mass is 10.1. The molecule has 0 aliphatic carbocycles. The van der Waals surface area contributed by atoms with Crippen LogP contribution in [-0.4, -0.2) is 25.1 Å². The minimum absolute atomic E-state index is 0.0464. The summed E-state index contributed by atoms with van der Waals surface area (Å²) in [5, 5.41) is 11.2. The lowest BCUT2D eigenvalue weighted by molar-refractivity contribution is -0.116. The predicted octanol–water partition coefficient (Wildman–Crippen LogP) is 3.77. The second kappa shape index (κ2) is 8.55. The standard InChI is InChI=1S/C24H25N5O2/c1-16-7-9-19(10-8-16)25-22(30)6-4-5-21-26-27-23-24(31)28(11-12-29(21)23)20-14-17(2)13-18(3)15-20/h7-15H,4-6H2,1-3H3,(H,25,30). The van der Waals surface area contributed by atoms with Crippen LogP contribution >= 0.6 is 0 Å². The van der Waals surface area contributed by atoms with Crippen molar-refractivity contribution in [2.24, 2.45) is 0 Å². The first-order valence-corrected chi connectivity index (χ1v) is 10.3. The van der Waals surface area contributed by atoms with Crippen molar-refractivity contribution in [2.45, 2.75) is 40.0 Å². The van der Waals surface area contributed by atoms with Crippen LogP contribution in [-0.2, 0) is 11.2 Å². The Hall–Kier alpha value is -3.74. The number of nitrogens with one attached hydrogen (secondary N) is 1. The second-order valence-corrected chi connectivity index (χ2v) is 7.90. The van der Waals surface area contributed by atoms with Gasteiger partial charge >= 0.3 is 5.56 Å². The summed E-state index contributed by atoms with van der Waals surface area (Å²) in [7, 11) is 0. The molecule has 158 valence electrons. The fourth-order valence-corrected chi connectivity index (χ4v) is 3.67. The molecule has 2 aromatic carbocycles. The molecule has 7 nitrogen and oxygen atoms in total. The highest BCUT2D eigenvalue weighted by Crippen LogP contribution is 2.13. The first kappa shape index (κ1) is 20.5. The molecule has 1 amide bonds. The maximum absolute atomic E-state index is 12.9. The fraction of sp³-hybridized carbons (Fsp3) is 0.250. The molecule has 0 unspecified atom stereocenters. The molecule has 2 heterocycles. The highest BCUT2D eigenvalue weighted by Gasteiger charge is 2.12. The number of anilines is 1. The number of hydrogen-bond acceptors (Lipinski definition) is 4. The van der Waals surface area contributed by atoms with Gasteiger partial charge in [0.15, 0.2) is 0 Å². The summed E-state index contributed by atoms with van der Waals surface area (Å²) >= 11 is 0. The number of aromatic nitrogens is 4. The highest BCUT2D eigenvalue weighted by molar-refractivity contribution is 5.90. The molecule has 0 aliphatic rings. The van der Waals surface area contributed by atoms with Gasteiger partial charge in [-0.2, -0.15) is 0 Å². The van der Waals surface area contributed by atoms with E-state index < -0.39 is 0 Å². The van der Waals surface area contributed by atoms with Crippen LogP contribution in [0.4, 0.5) is 5.69 Å². The van der Waals surface area contributed by atoms with Gasteiger partial charge in [0.25, 0.3) is 0 Å². The summed E-state index contributed by atoms with van der Waals surface area (Å²) in [6.45, 7) is 6.01. The van der Waals surface area contributed by atoms with Crippen molar-refractivity contribution in [1.29, 1.82) is 0 Å². The van der Waals surface area contributed by atoms with E-state index in [0.717, 1.165) is 28.1 Å². The Morgan fingerprint density at radius 3 is 2.35 bits per heavy atom. The quantitative estimate of drug-likeness (QED) is 0.520. The minimum Gasteiger partial charge on any atom is -0.326 e. The van der Waals surface area contributed by atoms with Crippen LogP contribution in [0.5, 0.6) is 0 Å². The lowest BCUT2D eigenvalue weighted by Gasteiger charge is -2.09. The van der Waals surface area contributed by atoms with E-state index in [4.69, 9.17) is 0 Å². The third kappa shape index (κ3) is 4.55. The van der Waals surface area contributed by atoms with Gasteiger partial charge in [0.1, 0.15) is 5.82 Å². The molecule has 4 aromatic rings. The van der Waals surface area contributed by atoms with E-state index in [9.17, 15) is 9.59 Å². The van der Waals surface area contributed by atoms with Gasteiger partial charge in [-0.05, 0) is 62.6 Å². The zero-order valence-electron chi connectivity index (χ0n) is 17.9. The van der Waals surface area contributed by atoms with E-state index in [1.54, 1.807) is 21.4 Å². The molecule has 31 heavy (non-hydrogen) atoms. The van der Waals surface area contributed by atoms with Crippen molar-refractivity contribution in [3.05, 3.63) is 87.7 Å². The molecule has 1 N–H and O–H groups in total. The zero-order chi connectivity index (χ0) is 22.0. The van der Waals surface area contributed by atoms with Crippen LogP contribution in [0.25, 0.3) is 11.3 Å². The largest absolute Gasteiger partial charge is 0.326 e. The van der Waals surface area contributed by atoms with Gasteiger partial charge in [-0.15, -0.1) is 10.2 Å². The van der Waals surface area contributed by atoms with Gasteiger partial charge in [-0.3, -0.25) is 18.6 Å². The highest BCUT2D eigenvalue weighted by atomic mass is 16.1. The third-order valence-electron chi connectivity index (χ3n) is 5.17. The summed E-state index contributed by atoms with van der Waals surface area (Å²) in [5.74, 6) is 0.623. The number of nitrogens with zero attached hydrogens (tertiary/aromatic N) is 4.